The molecule has 1 aliphatic heterocycles. The quantitative estimate of drug-likeness (QED) is 0.898. The number of rotatable bonds is 5. The molecule has 0 radical (unpaired) electrons. The molecule has 112 valence electrons. The van der Waals surface area contributed by atoms with Gasteiger partial charge in [0.25, 0.3) is 0 Å². The Hall–Kier alpha value is -1.13. The maximum Gasteiger partial charge on any atom is 0.131 e. The molecule has 0 amide bonds. The van der Waals surface area contributed by atoms with Crippen LogP contribution in [0.1, 0.15) is 38.4 Å². The average molecular weight is 280 g/mol. The number of benzene rings is 1. The van der Waals surface area contributed by atoms with Crippen molar-refractivity contribution in [1.29, 1.82) is 0 Å². The molecule has 1 aromatic carbocycles. The first-order valence-corrected chi connectivity index (χ1v) is 7.46. The van der Waals surface area contributed by atoms with Crippen molar-refractivity contribution >= 4 is 5.69 Å². The molecule has 0 aliphatic carbocycles. The molecule has 1 saturated heterocycles. The third-order valence-electron chi connectivity index (χ3n) is 4.25. The summed E-state index contributed by atoms with van der Waals surface area (Å²) in [6.07, 6.45) is 1.63. The van der Waals surface area contributed by atoms with Crippen LogP contribution in [0, 0.1) is 5.82 Å². The van der Waals surface area contributed by atoms with Crippen molar-refractivity contribution in [1.82, 2.24) is 4.90 Å². The van der Waals surface area contributed by atoms with Crippen LogP contribution in [0.5, 0.6) is 0 Å². The zero-order valence-electron chi connectivity index (χ0n) is 12.6. The standard InChI is InChI=1S/C16H25FN2O/c1-4-19-10-6-7-13(19)11-18(3)15-9-5-8-14(17)16(15)12(2)20/h5,8-9,12-13,20H,4,6-7,10-11H2,1-3H3/t12-,13?/m0/s1. The largest absolute Gasteiger partial charge is 0.389 e. The van der Waals surface area contributed by atoms with Gasteiger partial charge in [-0.3, -0.25) is 4.90 Å². The van der Waals surface area contributed by atoms with Crippen LogP contribution in [0.3, 0.4) is 0 Å². The molecule has 1 aliphatic rings. The summed E-state index contributed by atoms with van der Waals surface area (Å²) in [5, 5.41) is 9.82. The highest BCUT2D eigenvalue weighted by Gasteiger charge is 2.25. The van der Waals surface area contributed by atoms with Crippen LogP contribution >= 0.6 is 0 Å². The molecular formula is C16H25FN2O. The van der Waals surface area contributed by atoms with Crippen LogP contribution in [-0.4, -0.2) is 42.7 Å². The predicted octanol–water partition coefficient (Wildman–Crippen LogP) is 2.80. The number of aliphatic hydroxyl groups is 1. The molecule has 0 aromatic heterocycles. The summed E-state index contributed by atoms with van der Waals surface area (Å²) < 4.78 is 13.9. The number of hydrogen-bond donors (Lipinski definition) is 1. The molecule has 1 heterocycles. The van der Waals surface area contributed by atoms with Gasteiger partial charge in [0.1, 0.15) is 5.82 Å². The van der Waals surface area contributed by atoms with Crippen molar-refractivity contribution in [3.63, 3.8) is 0 Å². The van der Waals surface area contributed by atoms with Crippen LogP contribution in [0.15, 0.2) is 18.2 Å². The van der Waals surface area contributed by atoms with Crippen LogP contribution in [0.4, 0.5) is 10.1 Å². The molecule has 0 saturated carbocycles. The fraction of sp³-hybridized carbons (Fsp3) is 0.625. The number of nitrogens with zero attached hydrogens (tertiary/aromatic N) is 2. The zero-order chi connectivity index (χ0) is 14.7. The summed E-state index contributed by atoms with van der Waals surface area (Å²) >= 11 is 0. The minimum atomic E-state index is -0.792. The Kier molecular flexibility index (Phi) is 5.00. The number of likely N-dealkylation sites (N-methyl/N-ethyl adjacent to an activating group) is 2. The topological polar surface area (TPSA) is 26.7 Å². The van der Waals surface area contributed by atoms with E-state index >= 15 is 0 Å². The second-order valence-electron chi connectivity index (χ2n) is 5.65. The van der Waals surface area contributed by atoms with Crippen LogP contribution < -0.4 is 4.90 Å². The molecule has 1 unspecified atom stereocenters. The molecule has 0 spiro atoms. The van der Waals surface area contributed by atoms with E-state index in [2.05, 4.69) is 16.7 Å². The van der Waals surface area contributed by atoms with Crippen molar-refractivity contribution in [3.05, 3.63) is 29.6 Å². The van der Waals surface area contributed by atoms with E-state index in [-0.39, 0.29) is 5.82 Å². The van der Waals surface area contributed by atoms with Crippen molar-refractivity contribution < 1.29 is 9.50 Å². The molecule has 1 fully saturated rings. The lowest BCUT2D eigenvalue weighted by Crippen LogP contribution is -2.39. The zero-order valence-corrected chi connectivity index (χ0v) is 12.6. The Morgan fingerprint density at radius 1 is 1.50 bits per heavy atom. The summed E-state index contributed by atoms with van der Waals surface area (Å²) in [7, 11) is 1.98. The monoisotopic (exact) mass is 280 g/mol. The normalized spacial score (nSPS) is 21.1. The number of anilines is 1. The van der Waals surface area contributed by atoms with E-state index in [9.17, 15) is 9.50 Å². The van der Waals surface area contributed by atoms with Gasteiger partial charge in [0.05, 0.1) is 6.10 Å². The van der Waals surface area contributed by atoms with Gasteiger partial charge >= 0.3 is 0 Å². The summed E-state index contributed by atoms with van der Waals surface area (Å²) in [6, 6.07) is 5.53. The summed E-state index contributed by atoms with van der Waals surface area (Å²) in [6.45, 7) is 6.88. The Morgan fingerprint density at radius 3 is 2.90 bits per heavy atom. The first-order chi connectivity index (χ1) is 9.54. The van der Waals surface area contributed by atoms with Gasteiger partial charge in [0.2, 0.25) is 0 Å². The Bertz CT molecular complexity index is 450. The van der Waals surface area contributed by atoms with Gasteiger partial charge in [-0.2, -0.15) is 0 Å². The number of halogens is 1. The minimum absolute atomic E-state index is 0.330. The molecule has 0 bridgehead atoms. The SMILES string of the molecule is CCN1CCCC1CN(C)c1cccc(F)c1[C@H](C)O. The highest BCUT2D eigenvalue weighted by molar-refractivity contribution is 5.54. The summed E-state index contributed by atoms with van der Waals surface area (Å²) in [5.74, 6) is -0.330. The van der Waals surface area contributed by atoms with E-state index in [4.69, 9.17) is 0 Å². The molecule has 4 heteroatoms. The third kappa shape index (κ3) is 3.13. The predicted molar refractivity (Wildman–Crippen MR) is 80.6 cm³/mol. The first-order valence-electron chi connectivity index (χ1n) is 7.46. The minimum Gasteiger partial charge on any atom is -0.389 e. The number of aliphatic hydroxyl groups excluding tert-OH is 1. The van der Waals surface area contributed by atoms with E-state index in [0.29, 0.717) is 11.6 Å². The highest BCUT2D eigenvalue weighted by atomic mass is 19.1. The fourth-order valence-electron chi connectivity index (χ4n) is 3.20. The smallest absolute Gasteiger partial charge is 0.131 e. The van der Waals surface area contributed by atoms with E-state index in [1.807, 2.05) is 13.1 Å². The fourth-order valence-corrected chi connectivity index (χ4v) is 3.20. The lowest BCUT2D eigenvalue weighted by Gasteiger charge is -2.30. The lowest BCUT2D eigenvalue weighted by atomic mass is 10.1. The van der Waals surface area contributed by atoms with Gasteiger partial charge in [0, 0.05) is 30.9 Å². The van der Waals surface area contributed by atoms with E-state index < -0.39 is 6.10 Å². The number of hydrogen-bond acceptors (Lipinski definition) is 3. The van der Waals surface area contributed by atoms with Crippen molar-refractivity contribution in [2.45, 2.75) is 38.8 Å². The van der Waals surface area contributed by atoms with Crippen LogP contribution in [0.25, 0.3) is 0 Å². The second kappa shape index (κ2) is 6.55. The molecule has 3 nitrogen and oxygen atoms in total. The lowest BCUT2D eigenvalue weighted by molar-refractivity contribution is 0.194. The second-order valence-corrected chi connectivity index (χ2v) is 5.65. The first kappa shape index (κ1) is 15.3. The maximum atomic E-state index is 13.9. The Labute approximate surface area is 121 Å². The maximum absolute atomic E-state index is 13.9. The van der Waals surface area contributed by atoms with Gasteiger partial charge < -0.3 is 10.0 Å². The molecule has 2 rings (SSSR count). The van der Waals surface area contributed by atoms with Gasteiger partial charge in [-0.25, -0.2) is 4.39 Å². The van der Waals surface area contributed by atoms with Gasteiger partial charge in [-0.15, -0.1) is 0 Å². The summed E-state index contributed by atoms with van der Waals surface area (Å²) in [5.41, 5.74) is 1.19. The molecule has 2 atom stereocenters. The molecule has 20 heavy (non-hydrogen) atoms. The average Bonchev–Trinajstić information content (AvgIpc) is 2.85. The van der Waals surface area contributed by atoms with Gasteiger partial charge in [-0.1, -0.05) is 13.0 Å². The Balaban J connectivity index is 2.17. The summed E-state index contributed by atoms with van der Waals surface area (Å²) in [4.78, 5) is 4.54. The molecule has 1 aromatic rings. The molecular weight excluding hydrogens is 255 g/mol. The van der Waals surface area contributed by atoms with Crippen molar-refractivity contribution in [2.24, 2.45) is 0 Å². The van der Waals surface area contributed by atoms with Crippen molar-refractivity contribution in [3.8, 4) is 0 Å². The third-order valence-corrected chi connectivity index (χ3v) is 4.25. The van der Waals surface area contributed by atoms with E-state index in [0.717, 1.165) is 25.3 Å². The highest BCUT2D eigenvalue weighted by Crippen LogP contribution is 2.29. The number of likely N-dealkylation sites (tertiary alicyclic amines) is 1. The van der Waals surface area contributed by atoms with Crippen LogP contribution in [0.2, 0.25) is 0 Å². The van der Waals surface area contributed by atoms with Crippen molar-refractivity contribution in [2.75, 3.05) is 31.6 Å². The van der Waals surface area contributed by atoms with Crippen LogP contribution in [-0.2, 0) is 0 Å². The van der Waals surface area contributed by atoms with Gasteiger partial charge in [0.15, 0.2) is 0 Å². The Morgan fingerprint density at radius 2 is 2.25 bits per heavy atom. The van der Waals surface area contributed by atoms with E-state index in [1.165, 1.54) is 18.9 Å². The van der Waals surface area contributed by atoms with Gasteiger partial charge in [-0.05, 0) is 45.0 Å². The molecule has 1 N–H and O–H groups in total. The van der Waals surface area contributed by atoms with E-state index in [1.54, 1.807) is 13.0 Å².